The van der Waals surface area contributed by atoms with Crippen LogP contribution in [0.25, 0.3) is 0 Å². The largest absolute Gasteiger partial charge is 0.392 e. The van der Waals surface area contributed by atoms with Gasteiger partial charge in [0.1, 0.15) is 0 Å². The van der Waals surface area contributed by atoms with Gasteiger partial charge in [0, 0.05) is 24.8 Å². The summed E-state index contributed by atoms with van der Waals surface area (Å²) in [6.07, 6.45) is 0.572. The zero-order valence-corrected chi connectivity index (χ0v) is 13.4. The van der Waals surface area contributed by atoms with E-state index in [1.165, 1.54) is 6.07 Å². The molecule has 0 aliphatic heterocycles. The highest BCUT2D eigenvalue weighted by Gasteiger charge is 2.21. The number of hydrogen-bond acceptors (Lipinski definition) is 4. The number of sulfonamides is 1. The number of ether oxygens (including phenoxy) is 1. The van der Waals surface area contributed by atoms with Crippen molar-refractivity contribution in [3.63, 3.8) is 0 Å². The molecule has 0 amide bonds. The van der Waals surface area contributed by atoms with E-state index in [1.54, 1.807) is 27.0 Å². The Balaban J connectivity index is 3.06. The molecule has 114 valence electrons. The zero-order valence-electron chi connectivity index (χ0n) is 11.8. The van der Waals surface area contributed by atoms with Crippen LogP contribution >= 0.6 is 11.6 Å². The summed E-state index contributed by atoms with van der Waals surface area (Å²) in [5, 5.41) is 9.52. The lowest BCUT2D eigenvalue weighted by atomic mass is 10.1. The predicted octanol–water partition coefficient (Wildman–Crippen LogP) is 1.84. The molecule has 1 aromatic rings. The maximum absolute atomic E-state index is 12.4. The van der Waals surface area contributed by atoms with Crippen LogP contribution in [-0.4, -0.2) is 33.3 Å². The van der Waals surface area contributed by atoms with Crippen molar-refractivity contribution in [3.8, 4) is 0 Å². The van der Waals surface area contributed by atoms with Crippen LogP contribution in [-0.2, 0) is 21.4 Å². The number of aliphatic hydroxyl groups excluding tert-OH is 1. The van der Waals surface area contributed by atoms with Gasteiger partial charge < -0.3 is 9.84 Å². The second kappa shape index (κ2) is 7.38. The van der Waals surface area contributed by atoms with Crippen molar-refractivity contribution in [2.75, 3.05) is 13.7 Å². The first kappa shape index (κ1) is 17.4. The van der Waals surface area contributed by atoms with Gasteiger partial charge in [-0.05, 0) is 43.5 Å². The zero-order chi connectivity index (χ0) is 15.3. The predicted molar refractivity (Wildman–Crippen MR) is 78.4 cm³/mol. The molecule has 1 rings (SSSR count). The number of rotatable bonds is 7. The summed E-state index contributed by atoms with van der Waals surface area (Å²) in [7, 11) is -2.11. The lowest BCUT2D eigenvalue weighted by molar-refractivity contribution is 0.188. The van der Waals surface area contributed by atoms with Crippen LogP contribution in [0, 0.1) is 6.92 Å². The van der Waals surface area contributed by atoms with E-state index in [1.807, 2.05) is 0 Å². The third kappa shape index (κ3) is 4.43. The molecule has 0 saturated carbocycles. The molecule has 0 saturated heterocycles. The van der Waals surface area contributed by atoms with Crippen molar-refractivity contribution >= 4 is 21.6 Å². The molecule has 2 N–H and O–H groups in total. The first-order valence-electron chi connectivity index (χ1n) is 6.23. The Hall–Kier alpha value is -0.660. The summed E-state index contributed by atoms with van der Waals surface area (Å²) in [5.74, 6) is 0. The minimum absolute atomic E-state index is 0.0957. The van der Waals surface area contributed by atoms with E-state index in [4.69, 9.17) is 16.3 Å². The van der Waals surface area contributed by atoms with Gasteiger partial charge in [-0.25, -0.2) is 13.1 Å². The third-order valence-electron chi connectivity index (χ3n) is 3.00. The van der Waals surface area contributed by atoms with Crippen LogP contribution in [0.15, 0.2) is 17.0 Å². The lowest BCUT2D eigenvalue weighted by Crippen LogP contribution is -2.34. The van der Waals surface area contributed by atoms with Gasteiger partial charge in [-0.3, -0.25) is 0 Å². The van der Waals surface area contributed by atoms with Gasteiger partial charge in [-0.15, -0.1) is 0 Å². The monoisotopic (exact) mass is 321 g/mol. The van der Waals surface area contributed by atoms with Crippen molar-refractivity contribution < 1.29 is 18.3 Å². The number of methoxy groups -OCH3 is 1. The maximum atomic E-state index is 12.4. The van der Waals surface area contributed by atoms with Gasteiger partial charge in [0.2, 0.25) is 10.0 Å². The van der Waals surface area contributed by atoms with Crippen molar-refractivity contribution in [1.82, 2.24) is 4.72 Å². The average Bonchev–Trinajstić information content (AvgIpc) is 2.37. The SMILES string of the molecule is COCCC(C)NS(=O)(=O)c1cc(Cl)cc(CO)c1C. The maximum Gasteiger partial charge on any atom is 0.241 e. The normalized spacial score (nSPS) is 13.4. The Morgan fingerprint density at radius 3 is 2.65 bits per heavy atom. The number of halogens is 1. The molecule has 5 nitrogen and oxygen atoms in total. The molecule has 0 radical (unpaired) electrons. The average molecular weight is 322 g/mol. The molecular formula is C13H20ClNO4S. The Labute approximate surface area is 125 Å². The van der Waals surface area contributed by atoms with E-state index in [2.05, 4.69) is 4.72 Å². The van der Waals surface area contributed by atoms with Gasteiger partial charge in [0.05, 0.1) is 11.5 Å². The minimum atomic E-state index is -3.68. The molecule has 1 unspecified atom stereocenters. The van der Waals surface area contributed by atoms with Crippen LogP contribution in [0.5, 0.6) is 0 Å². The van der Waals surface area contributed by atoms with Crippen LogP contribution < -0.4 is 4.72 Å². The highest BCUT2D eigenvalue weighted by molar-refractivity contribution is 7.89. The summed E-state index contributed by atoms with van der Waals surface area (Å²) < 4.78 is 32.2. The van der Waals surface area contributed by atoms with E-state index in [9.17, 15) is 13.5 Å². The van der Waals surface area contributed by atoms with E-state index in [-0.39, 0.29) is 22.6 Å². The fraction of sp³-hybridized carbons (Fsp3) is 0.538. The van der Waals surface area contributed by atoms with Crippen molar-refractivity contribution in [2.45, 2.75) is 37.8 Å². The highest BCUT2D eigenvalue weighted by atomic mass is 35.5. The van der Waals surface area contributed by atoms with Crippen LogP contribution in [0.2, 0.25) is 5.02 Å². The number of benzene rings is 1. The fourth-order valence-electron chi connectivity index (χ4n) is 1.83. The second-order valence-electron chi connectivity index (χ2n) is 4.65. The van der Waals surface area contributed by atoms with Crippen LogP contribution in [0.1, 0.15) is 24.5 Å². The fourth-order valence-corrected chi connectivity index (χ4v) is 3.73. The highest BCUT2D eigenvalue weighted by Crippen LogP contribution is 2.24. The van der Waals surface area contributed by atoms with Crippen molar-refractivity contribution in [2.24, 2.45) is 0 Å². The van der Waals surface area contributed by atoms with E-state index in [0.717, 1.165) is 0 Å². The summed E-state index contributed by atoms with van der Waals surface area (Å²) in [6, 6.07) is 2.70. The smallest absolute Gasteiger partial charge is 0.241 e. The Morgan fingerprint density at radius 2 is 2.10 bits per heavy atom. The van der Waals surface area contributed by atoms with Crippen LogP contribution in [0.4, 0.5) is 0 Å². The summed E-state index contributed by atoms with van der Waals surface area (Å²) in [4.78, 5) is 0.0957. The molecule has 0 aromatic heterocycles. The second-order valence-corrected chi connectivity index (χ2v) is 6.77. The summed E-state index contributed by atoms with van der Waals surface area (Å²) >= 11 is 5.90. The molecule has 0 aliphatic rings. The van der Waals surface area contributed by atoms with E-state index < -0.39 is 10.0 Å². The first-order valence-corrected chi connectivity index (χ1v) is 8.09. The Kier molecular flexibility index (Phi) is 6.42. The number of aliphatic hydroxyl groups is 1. The number of nitrogens with one attached hydrogen (secondary N) is 1. The Bertz CT molecular complexity index is 560. The summed E-state index contributed by atoms with van der Waals surface area (Å²) in [6.45, 7) is 3.63. The molecule has 1 aromatic carbocycles. The van der Waals surface area contributed by atoms with Gasteiger partial charge in [-0.2, -0.15) is 0 Å². The van der Waals surface area contributed by atoms with E-state index in [0.29, 0.717) is 24.2 Å². The molecule has 20 heavy (non-hydrogen) atoms. The quantitative estimate of drug-likeness (QED) is 0.803. The lowest BCUT2D eigenvalue weighted by Gasteiger charge is -2.16. The van der Waals surface area contributed by atoms with Crippen molar-refractivity contribution in [3.05, 3.63) is 28.3 Å². The molecular weight excluding hydrogens is 302 g/mol. The molecule has 0 spiro atoms. The van der Waals surface area contributed by atoms with Gasteiger partial charge in [0.15, 0.2) is 0 Å². The molecule has 7 heteroatoms. The molecule has 0 aliphatic carbocycles. The van der Waals surface area contributed by atoms with Gasteiger partial charge in [0.25, 0.3) is 0 Å². The first-order chi connectivity index (χ1) is 9.31. The minimum Gasteiger partial charge on any atom is -0.392 e. The van der Waals surface area contributed by atoms with Crippen molar-refractivity contribution in [1.29, 1.82) is 0 Å². The van der Waals surface area contributed by atoms with E-state index >= 15 is 0 Å². The molecule has 0 bridgehead atoms. The molecule has 1 atom stereocenters. The molecule has 0 heterocycles. The van der Waals surface area contributed by atoms with Gasteiger partial charge >= 0.3 is 0 Å². The van der Waals surface area contributed by atoms with Gasteiger partial charge in [-0.1, -0.05) is 11.6 Å². The standard InChI is InChI=1S/C13H20ClNO4S/c1-9(4-5-19-3)15-20(17,18)13-7-12(14)6-11(8-16)10(13)2/h6-7,9,15-16H,4-5,8H2,1-3H3. The van der Waals surface area contributed by atoms with Crippen LogP contribution in [0.3, 0.4) is 0 Å². The number of hydrogen-bond donors (Lipinski definition) is 2. The summed E-state index contributed by atoms with van der Waals surface area (Å²) in [5.41, 5.74) is 1.01. The Morgan fingerprint density at radius 1 is 1.45 bits per heavy atom. The topological polar surface area (TPSA) is 75.6 Å². The molecule has 0 fully saturated rings. The third-order valence-corrected chi connectivity index (χ3v) is 4.94.